The van der Waals surface area contributed by atoms with Crippen LogP contribution in [0.3, 0.4) is 0 Å². The predicted molar refractivity (Wildman–Crippen MR) is 185 cm³/mol. The molecule has 0 aliphatic carbocycles. The van der Waals surface area contributed by atoms with Crippen LogP contribution in [0.1, 0.15) is 60.8 Å². The maximum absolute atomic E-state index is 13.0. The zero-order chi connectivity index (χ0) is 32.8. The summed E-state index contributed by atoms with van der Waals surface area (Å²) in [4.78, 5) is 24.6. The summed E-state index contributed by atoms with van der Waals surface area (Å²) < 4.78 is 5.68. The molecular weight excluding hydrogens is 572 g/mol. The molecule has 46 heavy (non-hydrogen) atoms. The normalized spacial score (nSPS) is 11.6. The lowest BCUT2D eigenvalue weighted by Crippen LogP contribution is -2.42. The standard InChI is InChI=1S/C39H50N4O3/c1-32-14-11-19-35(26-32)29-42(28-34-17-9-6-10-18-34)31-37-21-12-20-36(40-37)30-41(27-33-15-7-5-8-16-33)23-24-43(22-13-25-44)38(45)46-39(2,3)4/h5-12,14-21,26,44H,13,22-25,27-31H2,1-4H3. The molecule has 1 amide bonds. The van der Waals surface area contributed by atoms with Crippen LogP contribution < -0.4 is 0 Å². The van der Waals surface area contributed by atoms with Crippen molar-refractivity contribution in [2.45, 2.75) is 72.4 Å². The molecular formula is C39H50N4O3. The van der Waals surface area contributed by atoms with Crippen molar-refractivity contribution in [3.8, 4) is 0 Å². The number of aliphatic hydroxyl groups is 1. The number of aliphatic hydroxyl groups excluding tert-OH is 1. The minimum Gasteiger partial charge on any atom is -0.444 e. The summed E-state index contributed by atoms with van der Waals surface area (Å²) in [6.07, 6.45) is 0.150. The third-order valence-electron chi connectivity index (χ3n) is 7.55. The number of hydrogen-bond donors (Lipinski definition) is 1. The van der Waals surface area contributed by atoms with Crippen LogP contribution in [0, 0.1) is 6.92 Å². The summed E-state index contributed by atoms with van der Waals surface area (Å²) in [6, 6.07) is 36.0. The SMILES string of the molecule is Cc1cccc(CN(Cc2ccccc2)Cc2cccc(CN(CCN(CCCO)C(=O)OC(C)(C)C)Cc3ccccc3)n2)c1. The topological polar surface area (TPSA) is 69.1 Å². The van der Waals surface area contributed by atoms with E-state index in [1.54, 1.807) is 4.90 Å². The van der Waals surface area contributed by atoms with Crippen molar-refractivity contribution in [1.29, 1.82) is 0 Å². The molecule has 7 heteroatoms. The fraction of sp³-hybridized carbons (Fsp3) is 0.385. The lowest BCUT2D eigenvalue weighted by Gasteiger charge is -2.30. The minimum absolute atomic E-state index is 0.0227. The van der Waals surface area contributed by atoms with Gasteiger partial charge in [0.25, 0.3) is 0 Å². The Morgan fingerprint density at radius 3 is 1.80 bits per heavy atom. The number of amides is 1. The molecule has 0 spiro atoms. The maximum Gasteiger partial charge on any atom is 0.410 e. The number of nitrogens with zero attached hydrogens (tertiary/aromatic N) is 4. The van der Waals surface area contributed by atoms with E-state index >= 15 is 0 Å². The van der Waals surface area contributed by atoms with E-state index in [0.717, 1.165) is 37.6 Å². The van der Waals surface area contributed by atoms with Gasteiger partial charge in [-0.15, -0.1) is 0 Å². The number of carbonyl (C=O) groups is 1. The molecule has 0 radical (unpaired) electrons. The number of pyridine rings is 1. The van der Waals surface area contributed by atoms with E-state index in [1.807, 2.05) is 26.8 Å². The molecule has 1 aromatic heterocycles. The van der Waals surface area contributed by atoms with E-state index in [9.17, 15) is 9.90 Å². The van der Waals surface area contributed by atoms with Gasteiger partial charge < -0.3 is 14.7 Å². The Kier molecular flexibility index (Phi) is 13.3. The molecule has 244 valence electrons. The van der Waals surface area contributed by atoms with Gasteiger partial charge in [0.05, 0.1) is 11.4 Å². The first-order chi connectivity index (χ1) is 22.2. The monoisotopic (exact) mass is 622 g/mol. The smallest absolute Gasteiger partial charge is 0.410 e. The maximum atomic E-state index is 13.0. The predicted octanol–water partition coefficient (Wildman–Crippen LogP) is 7.21. The van der Waals surface area contributed by atoms with E-state index < -0.39 is 5.60 Å². The first-order valence-electron chi connectivity index (χ1n) is 16.3. The molecule has 0 atom stereocenters. The van der Waals surface area contributed by atoms with Crippen LogP contribution in [0.15, 0.2) is 103 Å². The molecule has 1 N–H and O–H groups in total. The third kappa shape index (κ3) is 12.4. The van der Waals surface area contributed by atoms with Gasteiger partial charge in [-0.25, -0.2) is 4.79 Å². The van der Waals surface area contributed by atoms with Crippen molar-refractivity contribution in [2.24, 2.45) is 0 Å². The summed E-state index contributed by atoms with van der Waals surface area (Å²) in [6.45, 7) is 13.1. The second-order valence-corrected chi connectivity index (χ2v) is 13.0. The summed E-state index contributed by atoms with van der Waals surface area (Å²) in [5.74, 6) is 0. The molecule has 0 saturated heterocycles. The van der Waals surface area contributed by atoms with Crippen molar-refractivity contribution in [3.05, 3.63) is 137 Å². The summed E-state index contributed by atoms with van der Waals surface area (Å²) in [5, 5.41) is 9.46. The molecule has 0 unspecified atom stereocenters. The zero-order valence-corrected chi connectivity index (χ0v) is 27.9. The number of aromatic nitrogens is 1. The molecule has 4 aromatic rings. The molecule has 7 nitrogen and oxygen atoms in total. The van der Waals surface area contributed by atoms with Gasteiger partial charge in [0, 0.05) is 59.0 Å². The number of aryl methyl sites for hydroxylation is 1. The highest BCUT2D eigenvalue weighted by Crippen LogP contribution is 2.17. The van der Waals surface area contributed by atoms with Gasteiger partial charge in [0.15, 0.2) is 0 Å². The second kappa shape index (κ2) is 17.6. The fourth-order valence-electron chi connectivity index (χ4n) is 5.44. The third-order valence-corrected chi connectivity index (χ3v) is 7.55. The van der Waals surface area contributed by atoms with Crippen LogP contribution in [0.2, 0.25) is 0 Å². The van der Waals surface area contributed by atoms with E-state index in [2.05, 4.69) is 114 Å². The van der Waals surface area contributed by atoms with Crippen molar-refractivity contribution in [2.75, 3.05) is 26.2 Å². The summed E-state index contributed by atoms with van der Waals surface area (Å²) >= 11 is 0. The van der Waals surface area contributed by atoms with E-state index in [-0.39, 0.29) is 12.7 Å². The Hall–Kier alpha value is -4.04. The van der Waals surface area contributed by atoms with Gasteiger partial charge >= 0.3 is 6.09 Å². The van der Waals surface area contributed by atoms with Crippen LogP contribution >= 0.6 is 0 Å². The highest BCUT2D eigenvalue weighted by atomic mass is 16.6. The van der Waals surface area contributed by atoms with Crippen LogP contribution in [-0.2, 0) is 37.5 Å². The minimum atomic E-state index is -0.587. The number of carbonyl (C=O) groups excluding carboxylic acids is 1. The van der Waals surface area contributed by atoms with Crippen molar-refractivity contribution in [3.63, 3.8) is 0 Å². The van der Waals surface area contributed by atoms with Gasteiger partial charge in [0.1, 0.15) is 5.60 Å². The van der Waals surface area contributed by atoms with Gasteiger partial charge in [-0.05, 0) is 62.9 Å². The Morgan fingerprint density at radius 1 is 0.674 bits per heavy atom. The van der Waals surface area contributed by atoms with E-state index in [1.165, 1.54) is 22.3 Å². The highest BCUT2D eigenvalue weighted by Gasteiger charge is 2.23. The molecule has 0 aliphatic rings. The molecule has 3 aromatic carbocycles. The Morgan fingerprint density at radius 2 is 1.22 bits per heavy atom. The first kappa shape index (κ1) is 34.8. The highest BCUT2D eigenvalue weighted by molar-refractivity contribution is 5.68. The molecule has 4 rings (SSSR count). The number of benzene rings is 3. The Labute approximate surface area is 275 Å². The average Bonchev–Trinajstić information content (AvgIpc) is 3.01. The van der Waals surface area contributed by atoms with Crippen LogP contribution in [0.5, 0.6) is 0 Å². The van der Waals surface area contributed by atoms with Crippen LogP contribution in [-0.4, -0.2) is 62.7 Å². The molecule has 0 saturated carbocycles. The lowest BCUT2D eigenvalue weighted by molar-refractivity contribution is 0.0219. The molecule has 0 aliphatic heterocycles. The number of ether oxygens (including phenoxy) is 1. The van der Waals surface area contributed by atoms with Crippen LogP contribution in [0.4, 0.5) is 4.79 Å². The largest absolute Gasteiger partial charge is 0.444 e. The van der Waals surface area contributed by atoms with Gasteiger partial charge in [-0.2, -0.15) is 0 Å². The quantitative estimate of drug-likeness (QED) is 0.142. The van der Waals surface area contributed by atoms with Gasteiger partial charge in [-0.3, -0.25) is 14.8 Å². The van der Waals surface area contributed by atoms with E-state index in [0.29, 0.717) is 32.6 Å². The fourth-order valence-corrected chi connectivity index (χ4v) is 5.44. The Balaban J connectivity index is 1.50. The molecule has 1 heterocycles. The Bertz CT molecular complexity index is 1470. The summed E-state index contributed by atoms with van der Waals surface area (Å²) in [5.41, 5.74) is 6.45. The first-order valence-corrected chi connectivity index (χ1v) is 16.3. The van der Waals surface area contributed by atoms with Crippen molar-refractivity contribution >= 4 is 6.09 Å². The van der Waals surface area contributed by atoms with Gasteiger partial charge in [0.2, 0.25) is 0 Å². The molecule has 0 fully saturated rings. The number of rotatable bonds is 16. The zero-order valence-electron chi connectivity index (χ0n) is 27.9. The van der Waals surface area contributed by atoms with Crippen molar-refractivity contribution < 1.29 is 14.6 Å². The second-order valence-electron chi connectivity index (χ2n) is 13.0. The number of hydrogen-bond acceptors (Lipinski definition) is 6. The van der Waals surface area contributed by atoms with E-state index in [4.69, 9.17) is 9.72 Å². The molecule has 0 bridgehead atoms. The summed E-state index contributed by atoms with van der Waals surface area (Å²) in [7, 11) is 0. The van der Waals surface area contributed by atoms with Gasteiger partial charge in [-0.1, -0.05) is 96.6 Å². The van der Waals surface area contributed by atoms with Crippen molar-refractivity contribution in [1.82, 2.24) is 19.7 Å². The average molecular weight is 623 g/mol. The van der Waals surface area contributed by atoms with Crippen LogP contribution in [0.25, 0.3) is 0 Å². The lowest BCUT2D eigenvalue weighted by atomic mass is 10.1.